The lowest BCUT2D eigenvalue weighted by Crippen LogP contribution is -2.53. The standard InChI is InChI=1S/C5H12NO2/c1-3-4-6(2)7-5-8-6/h3-5H2,1-2H3/q+1. The van der Waals surface area contributed by atoms with Crippen molar-refractivity contribution in [3.05, 3.63) is 0 Å². The molecule has 0 spiro atoms. The van der Waals surface area contributed by atoms with Crippen molar-refractivity contribution in [3.8, 4) is 0 Å². The van der Waals surface area contributed by atoms with E-state index in [0.717, 1.165) is 13.0 Å². The van der Waals surface area contributed by atoms with Crippen LogP contribution in [0.4, 0.5) is 0 Å². The van der Waals surface area contributed by atoms with Crippen LogP contribution in [-0.4, -0.2) is 25.2 Å². The summed E-state index contributed by atoms with van der Waals surface area (Å²) < 4.78 is 0. The Balaban J connectivity index is 2.20. The Morgan fingerprint density at radius 2 is 2.12 bits per heavy atom. The molecule has 0 aliphatic carbocycles. The number of hydrogen-bond donors (Lipinski definition) is 0. The fourth-order valence-electron chi connectivity index (χ4n) is 0.768. The molecule has 1 fully saturated rings. The molecule has 3 heteroatoms. The summed E-state index contributed by atoms with van der Waals surface area (Å²) in [5.41, 5.74) is 0. The van der Waals surface area contributed by atoms with Crippen LogP contribution >= 0.6 is 0 Å². The van der Waals surface area contributed by atoms with Crippen molar-refractivity contribution >= 4 is 0 Å². The van der Waals surface area contributed by atoms with Gasteiger partial charge in [0.2, 0.25) is 0 Å². The molecule has 1 rings (SSSR count). The van der Waals surface area contributed by atoms with Crippen LogP contribution < -0.4 is 0 Å². The SMILES string of the molecule is CCC[N+]1(C)OCO1. The second-order valence-electron chi connectivity index (χ2n) is 2.11. The van der Waals surface area contributed by atoms with Gasteiger partial charge in [-0.3, -0.25) is 0 Å². The fraction of sp³-hybridized carbons (Fsp3) is 1.00. The molecular weight excluding hydrogens is 106 g/mol. The maximum Gasteiger partial charge on any atom is 0.269 e. The molecule has 0 bridgehead atoms. The highest BCUT2D eigenvalue weighted by Crippen LogP contribution is 2.15. The fourth-order valence-corrected chi connectivity index (χ4v) is 0.768. The minimum absolute atomic E-state index is 0.344. The van der Waals surface area contributed by atoms with Crippen molar-refractivity contribution in [2.75, 3.05) is 20.4 Å². The molecule has 3 nitrogen and oxygen atoms in total. The molecule has 0 aromatic carbocycles. The summed E-state index contributed by atoms with van der Waals surface area (Å²) in [6, 6.07) is 0. The topological polar surface area (TPSA) is 18.5 Å². The van der Waals surface area contributed by atoms with E-state index >= 15 is 0 Å². The second kappa shape index (κ2) is 2.01. The molecule has 0 amide bonds. The van der Waals surface area contributed by atoms with Crippen molar-refractivity contribution < 1.29 is 14.5 Å². The Bertz CT molecular complexity index is 80.5. The van der Waals surface area contributed by atoms with E-state index in [2.05, 4.69) is 6.92 Å². The van der Waals surface area contributed by atoms with Crippen LogP contribution in [0.2, 0.25) is 0 Å². The maximum atomic E-state index is 5.07. The predicted octanol–water partition coefficient (Wildman–Crippen LogP) is 0.677. The third-order valence-corrected chi connectivity index (χ3v) is 1.28. The zero-order chi connectivity index (χ0) is 6.04. The molecule has 48 valence electrons. The zero-order valence-corrected chi connectivity index (χ0v) is 5.39. The van der Waals surface area contributed by atoms with Crippen molar-refractivity contribution in [2.24, 2.45) is 0 Å². The second-order valence-corrected chi connectivity index (χ2v) is 2.11. The molecule has 1 saturated heterocycles. The minimum Gasteiger partial charge on any atom is -0.133 e. The lowest BCUT2D eigenvalue weighted by molar-refractivity contribution is -1.30. The Kier molecular flexibility index (Phi) is 1.51. The van der Waals surface area contributed by atoms with Gasteiger partial charge in [0.25, 0.3) is 6.79 Å². The summed E-state index contributed by atoms with van der Waals surface area (Å²) >= 11 is 0. The normalized spacial score (nSPS) is 24.8. The van der Waals surface area contributed by atoms with Crippen molar-refractivity contribution in [3.63, 3.8) is 0 Å². The summed E-state index contributed by atoms with van der Waals surface area (Å²) in [5, 5.41) is 0. The number of hydrogen-bond acceptors (Lipinski definition) is 2. The van der Waals surface area contributed by atoms with Gasteiger partial charge in [-0.25, -0.2) is 0 Å². The number of rotatable bonds is 2. The monoisotopic (exact) mass is 118 g/mol. The largest absolute Gasteiger partial charge is 0.269 e. The van der Waals surface area contributed by atoms with Gasteiger partial charge in [-0.1, -0.05) is 6.92 Å². The van der Waals surface area contributed by atoms with Gasteiger partial charge in [0, 0.05) is 0 Å². The summed E-state index contributed by atoms with van der Waals surface area (Å²) in [6.45, 7) is 3.51. The number of quaternary nitrogens is 1. The Morgan fingerprint density at radius 3 is 2.25 bits per heavy atom. The van der Waals surface area contributed by atoms with E-state index < -0.39 is 0 Å². The van der Waals surface area contributed by atoms with Crippen LogP contribution in [0.15, 0.2) is 0 Å². The van der Waals surface area contributed by atoms with Crippen molar-refractivity contribution in [2.45, 2.75) is 13.3 Å². The van der Waals surface area contributed by atoms with E-state index in [1.54, 1.807) is 0 Å². The van der Waals surface area contributed by atoms with Crippen LogP contribution in [-0.2, 0) is 9.68 Å². The molecule has 0 unspecified atom stereocenters. The molecule has 1 aliphatic rings. The molecule has 8 heavy (non-hydrogen) atoms. The molecule has 1 heterocycles. The molecule has 0 N–H and O–H groups in total. The van der Waals surface area contributed by atoms with Crippen LogP contribution in [0.3, 0.4) is 0 Å². The van der Waals surface area contributed by atoms with Gasteiger partial charge in [-0.05, 0) is 11.2 Å². The third-order valence-electron chi connectivity index (χ3n) is 1.28. The smallest absolute Gasteiger partial charge is 0.133 e. The molecule has 0 aromatic heterocycles. The summed E-state index contributed by atoms with van der Waals surface area (Å²) in [6.07, 6.45) is 1.09. The maximum absolute atomic E-state index is 5.07. The minimum atomic E-state index is 0.344. The van der Waals surface area contributed by atoms with Gasteiger partial charge in [-0.15, -0.1) is 9.68 Å². The van der Waals surface area contributed by atoms with Crippen LogP contribution in [0, 0.1) is 0 Å². The van der Waals surface area contributed by atoms with E-state index in [1.165, 1.54) is 0 Å². The van der Waals surface area contributed by atoms with E-state index in [-0.39, 0.29) is 0 Å². The van der Waals surface area contributed by atoms with Crippen LogP contribution in [0.25, 0.3) is 0 Å². The van der Waals surface area contributed by atoms with Gasteiger partial charge in [0.15, 0.2) is 0 Å². The molecular formula is C5H12NO2+. The van der Waals surface area contributed by atoms with Gasteiger partial charge >= 0.3 is 0 Å². The quantitative estimate of drug-likeness (QED) is 0.496. The van der Waals surface area contributed by atoms with Gasteiger partial charge in [0.1, 0.15) is 13.6 Å². The number of nitrogens with zero attached hydrogens (tertiary/aromatic N) is 1. The highest BCUT2D eigenvalue weighted by molar-refractivity contribution is 4.18. The molecule has 1 aliphatic heterocycles. The first-order valence-corrected chi connectivity index (χ1v) is 2.91. The first-order valence-electron chi connectivity index (χ1n) is 2.91. The van der Waals surface area contributed by atoms with Gasteiger partial charge in [-0.2, -0.15) is 0 Å². The average Bonchev–Trinajstić information content (AvgIpc) is 1.64. The Hall–Kier alpha value is -0.120. The summed E-state index contributed by atoms with van der Waals surface area (Å²) in [5.74, 6) is 0. The van der Waals surface area contributed by atoms with Gasteiger partial charge in [0.05, 0.1) is 0 Å². The predicted molar refractivity (Wildman–Crippen MR) is 28.4 cm³/mol. The third kappa shape index (κ3) is 0.992. The Labute approximate surface area is 49.3 Å². The van der Waals surface area contributed by atoms with Gasteiger partial charge < -0.3 is 0 Å². The summed E-state index contributed by atoms with van der Waals surface area (Å²) in [7, 11) is 1.91. The first-order chi connectivity index (χ1) is 3.77. The summed E-state index contributed by atoms with van der Waals surface area (Å²) in [4.78, 5) is 10.5. The van der Waals surface area contributed by atoms with E-state index in [9.17, 15) is 0 Å². The van der Waals surface area contributed by atoms with Crippen molar-refractivity contribution in [1.82, 2.24) is 0 Å². The first kappa shape index (κ1) is 6.01. The highest BCUT2D eigenvalue weighted by Gasteiger charge is 2.34. The molecule has 0 radical (unpaired) electrons. The van der Waals surface area contributed by atoms with E-state index in [0.29, 0.717) is 11.6 Å². The van der Waals surface area contributed by atoms with Crippen molar-refractivity contribution in [1.29, 1.82) is 0 Å². The van der Waals surface area contributed by atoms with E-state index in [1.807, 2.05) is 7.05 Å². The van der Waals surface area contributed by atoms with E-state index in [4.69, 9.17) is 9.68 Å². The Morgan fingerprint density at radius 1 is 1.50 bits per heavy atom. The highest BCUT2D eigenvalue weighted by atomic mass is 17.1. The lowest BCUT2D eigenvalue weighted by atomic mass is 10.5. The average molecular weight is 118 g/mol. The zero-order valence-electron chi connectivity index (χ0n) is 5.39. The van der Waals surface area contributed by atoms with Crippen LogP contribution in [0.1, 0.15) is 13.3 Å². The lowest BCUT2D eigenvalue weighted by Gasteiger charge is -2.34. The molecule has 0 aromatic rings. The molecule has 0 atom stereocenters. The van der Waals surface area contributed by atoms with Crippen LogP contribution in [0.5, 0.6) is 0 Å². The molecule has 0 saturated carbocycles. The number of hydroxylamine groups is 4.